The van der Waals surface area contributed by atoms with Crippen LogP contribution in [0.25, 0.3) is 0 Å². The molecule has 0 spiro atoms. The van der Waals surface area contributed by atoms with Gasteiger partial charge in [-0.05, 0) is 42.3 Å². The van der Waals surface area contributed by atoms with Gasteiger partial charge in [0.05, 0.1) is 33.9 Å². The highest BCUT2D eigenvalue weighted by atomic mass is 35.5. The number of phenols is 1. The van der Waals surface area contributed by atoms with Gasteiger partial charge in [0.25, 0.3) is 0 Å². The Morgan fingerprint density at radius 3 is 2.20 bits per heavy atom. The first-order valence-corrected chi connectivity index (χ1v) is 9.88. The summed E-state index contributed by atoms with van der Waals surface area (Å²) < 4.78 is 10.6. The lowest BCUT2D eigenvalue weighted by atomic mass is 10.0. The standard InChI is InChI=1S/C22H32N2O4.2ClH/c1-16(22(26)18-6-8-19(25)9-7-18)24-13-4-12-23-14-11-17-5-10-20(27-2)21(15-17)28-3;;/h5-10,15-16,22-26H,4,11-14H2,1-3H3;2*1H. The zero-order valence-corrected chi connectivity index (χ0v) is 19.4. The number of rotatable bonds is 12. The second kappa shape index (κ2) is 15.2. The molecule has 0 saturated heterocycles. The molecule has 30 heavy (non-hydrogen) atoms. The normalized spacial score (nSPS) is 12.3. The molecule has 2 aromatic carbocycles. The molecule has 0 aromatic heterocycles. The summed E-state index contributed by atoms with van der Waals surface area (Å²) in [5.41, 5.74) is 2.08. The van der Waals surface area contributed by atoms with Gasteiger partial charge >= 0.3 is 0 Å². The van der Waals surface area contributed by atoms with Crippen molar-refractivity contribution in [3.63, 3.8) is 0 Å². The number of halogens is 2. The number of benzene rings is 2. The summed E-state index contributed by atoms with van der Waals surface area (Å²) in [5.74, 6) is 1.75. The van der Waals surface area contributed by atoms with Gasteiger partial charge in [0.1, 0.15) is 17.9 Å². The van der Waals surface area contributed by atoms with E-state index in [-0.39, 0.29) is 36.6 Å². The average molecular weight is 461 g/mol. The third kappa shape index (κ3) is 8.98. The van der Waals surface area contributed by atoms with Crippen LogP contribution in [0.4, 0.5) is 0 Å². The number of methoxy groups -OCH3 is 2. The van der Waals surface area contributed by atoms with Crippen molar-refractivity contribution in [1.82, 2.24) is 0 Å². The van der Waals surface area contributed by atoms with E-state index in [1.54, 1.807) is 38.5 Å². The zero-order valence-electron chi connectivity index (χ0n) is 17.9. The minimum Gasteiger partial charge on any atom is -1.00 e. The van der Waals surface area contributed by atoms with Gasteiger partial charge in [0.2, 0.25) is 0 Å². The first-order chi connectivity index (χ1) is 13.5. The van der Waals surface area contributed by atoms with Gasteiger partial charge in [0, 0.05) is 12.8 Å². The topological polar surface area (TPSA) is 92.1 Å². The molecule has 2 unspecified atom stereocenters. The van der Waals surface area contributed by atoms with Crippen molar-refractivity contribution >= 4 is 0 Å². The monoisotopic (exact) mass is 460 g/mol. The molecule has 0 heterocycles. The number of hydrogen-bond donors (Lipinski definition) is 4. The first-order valence-electron chi connectivity index (χ1n) is 9.88. The van der Waals surface area contributed by atoms with E-state index in [9.17, 15) is 10.2 Å². The SMILES string of the molecule is COc1ccc(CC[NH2+]CCC[NH2+]C(C)C(O)c2ccc(O)cc2)cc1OC.[Cl-].[Cl-]. The van der Waals surface area contributed by atoms with Crippen LogP contribution in [0.3, 0.4) is 0 Å². The number of nitrogens with two attached hydrogens (primary N) is 2. The van der Waals surface area contributed by atoms with Crippen LogP contribution >= 0.6 is 0 Å². The minimum absolute atomic E-state index is 0. The Bertz CT molecular complexity index is 717. The van der Waals surface area contributed by atoms with Crippen LogP contribution in [0, 0.1) is 0 Å². The molecule has 0 aliphatic rings. The molecular weight excluding hydrogens is 427 g/mol. The molecule has 2 rings (SSSR count). The lowest BCUT2D eigenvalue weighted by Crippen LogP contribution is -3.00. The minimum atomic E-state index is -0.533. The molecule has 8 heteroatoms. The third-order valence-electron chi connectivity index (χ3n) is 4.97. The third-order valence-corrected chi connectivity index (χ3v) is 4.97. The summed E-state index contributed by atoms with van der Waals surface area (Å²) in [6.07, 6.45) is 1.54. The lowest BCUT2D eigenvalue weighted by Gasteiger charge is -2.17. The fraction of sp³-hybridized carbons (Fsp3) is 0.455. The van der Waals surface area contributed by atoms with Gasteiger partial charge in [-0.25, -0.2) is 0 Å². The van der Waals surface area contributed by atoms with E-state index in [0.29, 0.717) is 0 Å². The van der Waals surface area contributed by atoms with E-state index in [2.05, 4.69) is 16.7 Å². The van der Waals surface area contributed by atoms with E-state index >= 15 is 0 Å². The molecule has 0 aliphatic carbocycles. The molecule has 2 atom stereocenters. The lowest BCUT2D eigenvalue weighted by molar-refractivity contribution is -0.705. The van der Waals surface area contributed by atoms with Crippen molar-refractivity contribution in [2.24, 2.45) is 0 Å². The summed E-state index contributed by atoms with van der Waals surface area (Å²) in [6.45, 7) is 5.09. The van der Waals surface area contributed by atoms with Crippen LogP contribution < -0.4 is 44.9 Å². The molecule has 0 saturated carbocycles. The molecule has 6 N–H and O–H groups in total. The molecule has 0 amide bonds. The summed E-state index contributed by atoms with van der Waals surface area (Å²) in [7, 11) is 3.30. The average Bonchev–Trinajstić information content (AvgIpc) is 2.72. The van der Waals surface area contributed by atoms with Crippen LogP contribution in [0.2, 0.25) is 0 Å². The highest BCUT2D eigenvalue weighted by molar-refractivity contribution is 5.42. The van der Waals surface area contributed by atoms with Crippen LogP contribution in [-0.4, -0.2) is 50.1 Å². The van der Waals surface area contributed by atoms with Crippen LogP contribution in [-0.2, 0) is 6.42 Å². The maximum absolute atomic E-state index is 10.4. The van der Waals surface area contributed by atoms with E-state index < -0.39 is 6.10 Å². The predicted molar refractivity (Wildman–Crippen MR) is 109 cm³/mol. The quantitative estimate of drug-likeness (QED) is 0.238. The van der Waals surface area contributed by atoms with Gasteiger partial charge < -0.3 is 55.1 Å². The van der Waals surface area contributed by atoms with E-state index in [1.807, 2.05) is 19.1 Å². The summed E-state index contributed by atoms with van der Waals surface area (Å²) in [6, 6.07) is 12.9. The number of quaternary nitrogens is 2. The van der Waals surface area contributed by atoms with Crippen molar-refractivity contribution in [1.29, 1.82) is 0 Å². The number of phenolic OH excluding ortho intramolecular Hbond substituents is 1. The summed E-state index contributed by atoms with van der Waals surface area (Å²) >= 11 is 0. The number of aliphatic hydroxyl groups excluding tert-OH is 1. The fourth-order valence-corrected chi connectivity index (χ4v) is 3.20. The Morgan fingerprint density at radius 1 is 0.900 bits per heavy atom. The van der Waals surface area contributed by atoms with E-state index in [0.717, 1.165) is 49.5 Å². The highest BCUT2D eigenvalue weighted by Gasteiger charge is 2.18. The number of hydrogen-bond acceptors (Lipinski definition) is 4. The van der Waals surface area contributed by atoms with Crippen molar-refractivity contribution in [3.8, 4) is 17.2 Å². The second-order valence-electron chi connectivity index (χ2n) is 7.08. The molecule has 0 aliphatic heterocycles. The number of aromatic hydroxyl groups is 1. The number of ether oxygens (including phenoxy) is 2. The molecule has 0 radical (unpaired) electrons. The van der Waals surface area contributed by atoms with Crippen molar-refractivity contribution in [2.45, 2.75) is 31.9 Å². The molecule has 0 fully saturated rings. The van der Waals surface area contributed by atoms with Crippen LogP contribution in [0.1, 0.15) is 30.6 Å². The van der Waals surface area contributed by atoms with Gasteiger partial charge in [-0.1, -0.05) is 18.2 Å². The largest absolute Gasteiger partial charge is 1.00 e. The Labute approximate surface area is 191 Å². The Morgan fingerprint density at radius 2 is 1.57 bits per heavy atom. The number of aliphatic hydroxyl groups is 1. The zero-order chi connectivity index (χ0) is 20.4. The molecule has 170 valence electrons. The molecular formula is C22H34Cl2N2O4. The van der Waals surface area contributed by atoms with Gasteiger partial charge in [0.15, 0.2) is 11.5 Å². The van der Waals surface area contributed by atoms with E-state index in [1.165, 1.54) is 5.56 Å². The van der Waals surface area contributed by atoms with Gasteiger partial charge in [-0.15, -0.1) is 0 Å². The van der Waals surface area contributed by atoms with Crippen LogP contribution in [0.5, 0.6) is 17.2 Å². The Kier molecular flexibility index (Phi) is 14.3. The second-order valence-corrected chi connectivity index (χ2v) is 7.08. The van der Waals surface area contributed by atoms with Crippen molar-refractivity contribution < 1.29 is 55.1 Å². The maximum atomic E-state index is 10.4. The van der Waals surface area contributed by atoms with Gasteiger partial charge in [-0.2, -0.15) is 0 Å². The first kappa shape index (κ1) is 28.3. The van der Waals surface area contributed by atoms with E-state index in [4.69, 9.17) is 9.47 Å². The molecule has 2 aromatic rings. The predicted octanol–water partition coefficient (Wildman–Crippen LogP) is -5.40. The smallest absolute Gasteiger partial charge is 0.160 e. The van der Waals surface area contributed by atoms with Crippen molar-refractivity contribution in [3.05, 3.63) is 53.6 Å². The fourth-order valence-electron chi connectivity index (χ4n) is 3.20. The maximum Gasteiger partial charge on any atom is 0.160 e. The highest BCUT2D eigenvalue weighted by Crippen LogP contribution is 2.27. The molecule has 0 bridgehead atoms. The molecule has 6 nitrogen and oxygen atoms in total. The Balaban J connectivity index is 0.00000420. The summed E-state index contributed by atoms with van der Waals surface area (Å²) in [4.78, 5) is 0. The van der Waals surface area contributed by atoms with Gasteiger partial charge in [-0.3, -0.25) is 0 Å². The van der Waals surface area contributed by atoms with Crippen molar-refractivity contribution in [2.75, 3.05) is 33.9 Å². The van der Waals surface area contributed by atoms with Crippen LogP contribution in [0.15, 0.2) is 42.5 Å². The Hall–Kier alpha value is -1.70. The summed E-state index contributed by atoms with van der Waals surface area (Å²) in [5, 5.41) is 24.2.